The largest absolute Gasteiger partial charge is 0.494 e. The summed E-state index contributed by atoms with van der Waals surface area (Å²) in [5.41, 5.74) is 2.86. The van der Waals surface area contributed by atoms with Crippen LogP contribution in [0.1, 0.15) is 25.5 Å². The molecule has 0 radical (unpaired) electrons. The number of para-hydroxylation sites is 1. The van der Waals surface area contributed by atoms with E-state index in [9.17, 15) is 4.79 Å². The van der Waals surface area contributed by atoms with E-state index in [1.165, 1.54) is 7.11 Å². The zero-order valence-electron chi connectivity index (χ0n) is 16.5. The monoisotopic (exact) mass is 390 g/mol. The first-order chi connectivity index (χ1) is 14.1. The second kappa shape index (κ2) is 7.79. The zero-order valence-corrected chi connectivity index (χ0v) is 16.5. The number of benzene rings is 2. The molecule has 1 unspecified atom stereocenters. The van der Waals surface area contributed by atoms with Crippen molar-refractivity contribution in [1.82, 2.24) is 14.8 Å². The number of carbonyl (C=O) groups excluding carboxylic acids is 1. The van der Waals surface area contributed by atoms with E-state index in [0.29, 0.717) is 35.4 Å². The SMILES string of the molecule is CCOc1ccccc1C1C(C(=O)OC)=C(C)Nc2nc(-c3ccccc3)nn21. The molecule has 0 spiro atoms. The van der Waals surface area contributed by atoms with Gasteiger partial charge in [-0.1, -0.05) is 48.5 Å². The number of esters is 1. The normalized spacial score (nSPS) is 15.5. The van der Waals surface area contributed by atoms with Gasteiger partial charge in [0, 0.05) is 16.8 Å². The van der Waals surface area contributed by atoms with Gasteiger partial charge in [0.15, 0.2) is 5.82 Å². The molecule has 0 saturated heterocycles. The summed E-state index contributed by atoms with van der Waals surface area (Å²) in [5.74, 6) is 1.41. The standard InChI is InChI=1S/C22H22N4O3/c1-4-29-17-13-9-8-12-16(17)19-18(21(27)28-3)14(2)23-22-24-20(25-26(19)22)15-10-6-5-7-11-15/h5-13,19H,4H2,1-3H3,(H,23,24,25). The van der Waals surface area contributed by atoms with Crippen molar-refractivity contribution < 1.29 is 14.3 Å². The molecule has 0 aliphatic carbocycles. The van der Waals surface area contributed by atoms with Crippen LogP contribution in [0.5, 0.6) is 5.75 Å². The number of hydrogen-bond acceptors (Lipinski definition) is 6. The topological polar surface area (TPSA) is 78.3 Å². The number of nitrogens with one attached hydrogen (secondary N) is 1. The molecule has 1 aliphatic heterocycles. The lowest BCUT2D eigenvalue weighted by Crippen LogP contribution is -2.29. The number of aromatic nitrogens is 3. The van der Waals surface area contributed by atoms with Crippen molar-refractivity contribution in [2.45, 2.75) is 19.9 Å². The average Bonchev–Trinajstić information content (AvgIpc) is 3.17. The molecule has 0 bridgehead atoms. The van der Waals surface area contributed by atoms with Crippen LogP contribution in [0.25, 0.3) is 11.4 Å². The molecule has 1 atom stereocenters. The summed E-state index contributed by atoms with van der Waals surface area (Å²) in [5, 5.41) is 7.92. The van der Waals surface area contributed by atoms with E-state index >= 15 is 0 Å². The summed E-state index contributed by atoms with van der Waals surface area (Å²) in [6.45, 7) is 4.27. The van der Waals surface area contributed by atoms with E-state index in [1.807, 2.05) is 68.4 Å². The van der Waals surface area contributed by atoms with Gasteiger partial charge >= 0.3 is 5.97 Å². The van der Waals surface area contributed by atoms with Crippen LogP contribution in [0.15, 0.2) is 65.9 Å². The molecule has 1 aliphatic rings. The third-order valence-electron chi connectivity index (χ3n) is 4.80. The van der Waals surface area contributed by atoms with Gasteiger partial charge in [0.2, 0.25) is 5.95 Å². The van der Waals surface area contributed by atoms with Crippen molar-refractivity contribution in [2.75, 3.05) is 19.0 Å². The molecule has 1 aromatic heterocycles. The third kappa shape index (κ3) is 3.35. The van der Waals surface area contributed by atoms with Crippen LogP contribution in [0.3, 0.4) is 0 Å². The van der Waals surface area contributed by atoms with Crippen LogP contribution in [0.4, 0.5) is 5.95 Å². The van der Waals surface area contributed by atoms with Crippen molar-refractivity contribution in [2.24, 2.45) is 0 Å². The highest BCUT2D eigenvalue weighted by atomic mass is 16.5. The predicted octanol–water partition coefficient (Wildman–Crippen LogP) is 3.81. The van der Waals surface area contributed by atoms with Gasteiger partial charge in [-0.3, -0.25) is 0 Å². The summed E-state index contributed by atoms with van der Waals surface area (Å²) in [7, 11) is 1.38. The van der Waals surface area contributed by atoms with Crippen molar-refractivity contribution >= 4 is 11.9 Å². The molecule has 2 heterocycles. The summed E-state index contributed by atoms with van der Waals surface area (Å²) in [6.07, 6.45) is 0. The molecule has 3 aromatic rings. The number of allylic oxidation sites excluding steroid dienone is 1. The van der Waals surface area contributed by atoms with Crippen LogP contribution in [-0.4, -0.2) is 34.5 Å². The van der Waals surface area contributed by atoms with Crippen LogP contribution in [0.2, 0.25) is 0 Å². The molecule has 0 amide bonds. The van der Waals surface area contributed by atoms with Gasteiger partial charge in [-0.25, -0.2) is 9.48 Å². The van der Waals surface area contributed by atoms with Gasteiger partial charge in [0.05, 0.1) is 19.3 Å². The number of nitrogens with zero attached hydrogens (tertiary/aromatic N) is 3. The fraction of sp³-hybridized carbons (Fsp3) is 0.227. The van der Waals surface area contributed by atoms with E-state index in [4.69, 9.17) is 14.6 Å². The molecular formula is C22H22N4O3. The average molecular weight is 390 g/mol. The minimum Gasteiger partial charge on any atom is -0.494 e. The third-order valence-corrected chi connectivity index (χ3v) is 4.80. The van der Waals surface area contributed by atoms with E-state index in [2.05, 4.69) is 10.3 Å². The number of anilines is 1. The fourth-order valence-corrected chi connectivity index (χ4v) is 3.52. The van der Waals surface area contributed by atoms with Gasteiger partial charge in [0.1, 0.15) is 11.8 Å². The zero-order chi connectivity index (χ0) is 20.4. The number of ether oxygens (including phenoxy) is 2. The van der Waals surface area contributed by atoms with Crippen LogP contribution in [-0.2, 0) is 9.53 Å². The Kier molecular flexibility index (Phi) is 5.03. The first kappa shape index (κ1) is 18.7. The Labute approximate surface area is 169 Å². The van der Waals surface area contributed by atoms with Crippen molar-refractivity contribution in [3.8, 4) is 17.1 Å². The fourth-order valence-electron chi connectivity index (χ4n) is 3.52. The van der Waals surface area contributed by atoms with Crippen molar-refractivity contribution in [3.05, 3.63) is 71.4 Å². The second-order valence-electron chi connectivity index (χ2n) is 6.60. The highest BCUT2D eigenvalue weighted by Gasteiger charge is 2.36. The molecule has 148 valence electrons. The van der Waals surface area contributed by atoms with Gasteiger partial charge in [-0.2, -0.15) is 4.98 Å². The molecule has 1 N–H and O–H groups in total. The summed E-state index contributed by atoms with van der Waals surface area (Å²) < 4.78 is 12.6. The summed E-state index contributed by atoms with van der Waals surface area (Å²) >= 11 is 0. The van der Waals surface area contributed by atoms with Crippen molar-refractivity contribution in [1.29, 1.82) is 0 Å². The first-order valence-electron chi connectivity index (χ1n) is 9.43. The molecule has 7 heteroatoms. The van der Waals surface area contributed by atoms with Crippen LogP contribution >= 0.6 is 0 Å². The van der Waals surface area contributed by atoms with Crippen molar-refractivity contribution in [3.63, 3.8) is 0 Å². The quantitative estimate of drug-likeness (QED) is 0.668. The van der Waals surface area contributed by atoms with Gasteiger partial charge in [-0.05, 0) is 19.9 Å². The Morgan fingerprint density at radius 2 is 1.86 bits per heavy atom. The van der Waals surface area contributed by atoms with Gasteiger partial charge in [-0.15, -0.1) is 5.10 Å². The van der Waals surface area contributed by atoms with E-state index in [1.54, 1.807) is 4.68 Å². The lowest BCUT2D eigenvalue weighted by Gasteiger charge is -2.28. The van der Waals surface area contributed by atoms with Crippen LogP contribution < -0.4 is 10.1 Å². The maximum Gasteiger partial charge on any atom is 0.338 e. The number of hydrogen-bond donors (Lipinski definition) is 1. The summed E-state index contributed by atoms with van der Waals surface area (Å²) in [4.78, 5) is 17.4. The minimum absolute atomic E-state index is 0.422. The Morgan fingerprint density at radius 3 is 2.59 bits per heavy atom. The van der Waals surface area contributed by atoms with Crippen LogP contribution in [0, 0.1) is 0 Å². The Bertz CT molecular complexity index is 1070. The molecule has 0 fully saturated rings. The van der Waals surface area contributed by atoms with E-state index in [-0.39, 0.29) is 0 Å². The lowest BCUT2D eigenvalue weighted by atomic mass is 9.95. The maximum absolute atomic E-state index is 12.7. The maximum atomic E-state index is 12.7. The molecule has 2 aromatic carbocycles. The lowest BCUT2D eigenvalue weighted by molar-refractivity contribution is -0.136. The smallest absolute Gasteiger partial charge is 0.338 e. The number of methoxy groups -OCH3 is 1. The number of carbonyl (C=O) groups is 1. The highest BCUT2D eigenvalue weighted by Crippen LogP contribution is 2.40. The molecule has 29 heavy (non-hydrogen) atoms. The molecule has 0 saturated carbocycles. The number of rotatable bonds is 5. The second-order valence-corrected chi connectivity index (χ2v) is 6.60. The Hall–Kier alpha value is -3.61. The van der Waals surface area contributed by atoms with E-state index < -0.39 is 12.0 Å². The Morgan fingerprint density at radius 1 is 1.14 bits per heavy atom. The van der Waals surface area contributed by atoms with Gasteiger partial charge < -0.3 is 14.8 Å². The number of fused-ring (bicyclic) bond motifs is 1. The molecule has 4 rings (SSSR count). The minimum atomic E-state index is -0.522. The first-order valence-corrected chi connectivity index (χ1v) is 9.43. The van der Waals surface area contributed by atoms with E-state index in [0.717, 1.165) is 11.1 Å². The van der Waals surface area contributed by atoms with Gasteiger partial charge in [0.25, 0.3) is 0 Å². The highest BCUT2D eigenvalue weighted by molar-refractivity contribution is 5.92. The predicted molar refractivity (Wildman–Crippen MR) is 110 cm³/mol. The molecule has 7 nitrogen and oxygen atoms in total. The summed E-state index contributed by atoms with van der Waals surface area (Å²) in [6, 6.07) is 16.8. The Balaban J connectivity index is 1.91. The molecular weight excluding hydrogens is 368 g/mol.